The lowest BCUT2D eigenvalue weighted by Crippen LogP contribution is -1.92. The number of hydrogen-bond donors (Lipinski definition) is 3. The highest BCUT2D eigenvalue weighted by molar-refractivity contribution is 5.88. The molecule has 2 heterocycles. The Morgan fingerprint density at radius 2 is 1.70 bits per heavy atom. The van der Waals surface area contributed by atoms with Crippen LogP contribution in [0.15, 0.2) is 91.5 Å². The van der Waals surface area contributed by atoms with E-state index in [-0.39, 0.29) is 11.2 Å². The number of pyridine rings is 1. The van der Waals surface area contributed by atoms with Gasteiger partial charge in [-0.3, -0.25) is 9.78 Å². The fraction of sp³-hybridized carbons (Fsp3) is 0.161. The largest absolute Gasteiger partial charge is 0.457 e. The normalized spacial score (nSPS) is 12.6. The van der Waals surface area contributed by atoms with Crippen LogP contribution < -0.4 is 15.4 Å². The van der Waals surface area contributed by atoms with Crippen molar-refractivity contribution in [1.29, 1.82) is 0 Å². The molecule has 0 aliphatic heterocycles. The maximum Gasteiger partial charge on any atom is 0.211 e. The van der Waals surface area contributed by atoms with Crippen LogP contribution in [0.5, 0.6) is 11.5 Å². The molecule has 0 atom stereocenters. The van der Waals surface area contributed by atoms with Crippen molar-refractivity contribution < 1.29 is 18.7 Å². The number of halogens is 1. The van der Waals surface area contributed by atoms with Gasteiger partial charge in [-0.2, -0.15) is 0 Å². The van der Waals surface area contributed by atoms with Gasteiger partial charge in [0.05, 0.1) is 23.7 Å². The van der Waals surface area contributed by atoms with Gasteiger partial charge >= 0.3 is 0 Å². The molecule has 5 aromatic rings. The third-order valence-electron chi connectivity index (χ3n) is 6.28. The van der Waals surface area contributed by atoms with Crippen LogP contribution in [-0.2, 0) is 9.59 Å². The van der Waals surface area contributed by atoms with Crippen molar-refractivity contribution in [2.24, 2.45) is 5.41 Å². The Balaban J connectivity index is 0.000000189. The first-order valence-electron chi connectivity index (χ1n) is 12.7. The zero-order valence-electron chi connectivity index (χ0n) is 22.2. The van der Waals surface area contributed by atoms with Crippen LogP contribution in [0.25, 0.3) is 22.2 Å². The highest BCUT2D eigenvalue weighted by Gasteiger charge is 2.36. The standard InChI is InChI=1S/C19H16N4O.C7H6FNO.C5H8O/c1-20-14-3-5-15(6-4-14)24-19-8-9-22-17-10-13(2-7-16(17)19)18-11-21-12-23-18;8-6-1-3-7(4-2-6)9-5-10;1-5(4-6)2-3-5/h2-12,20H,1H3,(H,21,23);1-5H,(H,9,10);4H,2-3H2,1H3. The molecule has 1 amide bonds. The zero-order valence-corrected chi connectivity index (χ0v) is 22.2. The molecule has 2 aromatic heterocycles. The summed E-state index contributed by atoms with van der Waals surface area (Å²) in [5.41, 5.74) is 4.64. The van der Waals surface area contributed by atoms with Crippen LogP contribution in [0.2, 0.25) is 0 Å². The lowest BCUT2D eigenvalue weighted by Gasteiger charge is -2.10. The van der Waals surface area contributed by atoms with Crippen molar-refractivity contribution in [3.8, 4) is 22.8 Å². The molecule has 0 radical (unpaired) electrons. The Morgan fingerprint density at radius 1 is 0.975 bits per heavy atom. The predicted molar refractivity (Wildman–Crippen MR) is 155 cm³/mol. The minimum absolute atomic E-state index is 0.111. The molecule has 1 fully saturated rings. The zero-order chi connectivity index (χ0) is 28.4. The first kappa shape index (κ1) is 28.0. The number of aromatic nitrogens is 3. The van der Waals surface area contributed by atoms with E-state index >= 15 is 0 Å². The fourth-order valence-electron chi connectivity index (χ4n) is 3.54. The van der Waals surface area contributed by atoms with Gasteiger partial charge in [-0.25, -0.2) is 9.37 Å². The van der Waals surface area contributed by atoms with Crippen LogP contribution in [0.3, 0.4) is 0 Å². The smallest absolute Gasteiger partial charge is 0.211 e. The minimum Gasteiger partial charge on any atom is -0.457 e. The maximum atomic E-state index is 12.2. The number of aromatic amines is 1. The molecule has 3 aromatic carbocycles. The number of anilines is 2. The van der Waals surface area contributed by atoms with E-state index in [0.717, 1.165) is 58.5 Å². The molecule has 9 heteroatoms. The van der Waals surface area contributed by atoms with Crippen molar-refractivity contribution in [2.75, 3.05) is 17.7 Å². The van der Waals surface area contributed by atoms with Gasteiger partial charge in [0.1, 0.15) is 23.6 Å². The summed E-state index contributed by atoms with van der Waals surface area (Å²) < 4.78 is 18.2. The topological polar surface area (TPSA) is 109 Å². The quantitative estimate of drug-likeness (QED) is 0.195. The molecule has 204 valence electrons. The van der Waals surface area contributed by atoms with Gasteiger partial charge in [-0.05, 0) is 79.6 Å². The van der Waals surface area contributed by atoms with Gasteiger partial charge in [0.2, 0.25) is 6.41 Å². The fourth-order valence-corrected chi connectivity index (χ4v) is 3.54. The number of carbonyl (C=O) groups excluding carboxylic acids is 2. The second kappa shape index (κ2) is 13.1. The molecule has 3 N–H and O–H groups in total. The Labute approximate surface area is 231 Å². The van der Waals surface area contributed by atoms with Crippen molar-refractivity contribution in [2.45, 2.75) is 19.8 Å². The molecule has 1 saturated carbocycles. The molecule has 8 nitrogen and oxygen atoms in total. The number of fused-ring (bicyclic) bond motifs is 1. The third-order valence-corrected chi connectivity index (χ3v) is 6.28. The molecular formula is C31H30FN5O3. The average molecular weight is 540 g/mol. The number of ether oxygens (including phenoxy) is 1. The number of imidazole rings is 1. The van der Waals surface area contributed by atoms with Crippen LogP contribution in [0, 0.1) is 11.2 Å². The second-order valence-electron chi connectivity index (χ2n) is 9.42. The molecule has 0 bridgehead atoms. The van der Waals surface area contributed by atoms with Crippen LogP contribution in [0.1, 0.15) is 19.8 Å². The summed E-state index contributed by atoms with van der Waals surface area (Å²) in [6.07, 6.45) is 9.04. The number of amides is 1. The van der Waals surface area contributed by atoms with E-state index in [2.05, 4.69) is 25.6 Å². The Kier molecular flexibility index (Phi) is 9.19. The van der Waals surface area contributed by atoms with E-state index < -0.39 is 0 Å². The second-order valence-corrected chi connectivity index (χ2v) is 9.42. The number of aldehydes is 1. The van der Waals surface area contributed by atoms with Crippen molar-refractivity contribution in [3.05, 3.63) is 97.3 Å². The summed E-state index contributed by atoms with van der Waals surface area (Å²) in [5, 5.41) is 6.45. The molecular weight excluding hydrogens is 509 g/mol. The number of rotatable bonds is 7. The maximum absolute atomic E-state index is 12.2. The lowest BCUT2D eigenvalue weighted by atomic mass is 10.1. The van der Waals surface area contributed by atoms with Crippen molar-refractivity contribution in [1.82, 2.24) is 15.0 Å². The van der Waals surface area contributed by atoms with Gasteiger partial charge in [-0.1, -0.05) is 13.0 Å². The minimum atomic E-state index is -0.309. The van der Waals surface area contributed by atoms with Gasteiger partial charge in [0, 0.05) is 41.0 Å². The van der Waals surface area contributed by atoms with E-state index in [4.69, 9.17) is 4.74 Å². The highest BCUT2D eigenvalue weighted by atomic mass is 19.1. The van der Waals surface area contributed by atoms with Crippen molar-refractivity contribution in [3.63, 3.8) is 0 Å². The molecule has 6 rings (SSSR count). The number of nitrogens with one attached hydrogen (secondary N) is 3. The van der Waals surface area contributed by atoms with E-state index in [0.29, 0.717) is 12.1 Å². The van der Waals surface area contributed by atoms with Gasteiger partial charge in [0.25, 0.3) is 0 Å². The molecule has 1 aliphatic carbocycles. The van der Waals surface area contributed by atoms with E-state index in [1.807, 2.05) is 62.5 Å². The summed E-state index contributed by atoms with van der Waals surface area (Å²) >= 11 is 0. The van der Waals surface area contributed by atoms with Gasteiger partial charge in [-0.15, -0.1) is 0 Å². The molecule has 0 unspecified atom stereocenters. The molecule has 0 spiro atoms. The number of H-pyrrole nitrogens is 1. The number of benzene rings is 3. The number of nitrogens with zero attached hydrogens (tertiary/aromatic N) is 2. The summed E-state index contributed by atoms with van der Waals surface area (Å²) in [6.45, 7) is 1.99. The predicted octanol–water partition coefficient (Wildman–Crippen LogP) is 6.84. The summed E-state index contributed by atoms with van der Waals surface area (Å²) in [5.74, 6) is 1.27. The first-order chi connectivity index (χ1) is 19.4. The summed E-state index contributed by atoms with van der Waals surface area (Å²) in [6, 6.07) is 21.4. The molecule has 40 heavy (non-hydrogen) atoms. The van der Waals surface area contributed by atoms with Gasteiger partial charge in [0.15, 0.2) is 0 Å². The van der Waals surface area contributed by atoms with Crippen LogP contribution >= 0.6 is 0 Å². The third kappa shape index (κ3) is 7.73. The Hall–Kier alpha value is -5.05. The molecule has 0 saturated heterocycles. The summed E-state index contributed by atoms with van der Waals surface area (Å²) in [4.78, 5) is 31.4. The van der Waals surface area contributed by atoms with E-state index in [1.54, 1.807) is 18.7 Å². The molecule has 1 aliphatic rings. The average Bonchev–Trinajstić information content (AvgIpc) is 3.49. The number of hydrogen-bond acceptors (Lipinski definition) is 6. The SMILES string of the molecule is CC1(C=O)CC1.CNc1ccc(Oc2ccnc3cc(-c4cnc[nH]4)ccc23)cc1.O=CNc1ccc(F)cc1. The lowest BCUT2D eigenvalue weighted by molar-refractivity contribution is -0.111. The summed E-state index contributed by atoms with van der Waals surface area (Å²) in [7, 11) is 1.89. The van der Waals surface area contributed by atoms with Gasteiger partial charge < -0.3 is 25.1 Å². The van der Waals surface area contributed by atoms with E-state index in [1.165, 1.54) is 24.3 Å². The number of carbonyl (C=O) groups is 2. The highest BCUT2D eigenvalue weighted by Crippen LogP contribution is 2.42. The first-order valence-corrected chi connectivity index (χ1v) is 12.7. The Bertz CT molecular complexity index is 1530. The van der Waals surface area contributed by atoms with Crippen molar-refractivity contribution >= 4 is 35.0 Å². The monoisotopic (exact) mass is 539 g/mol. The Morgan fingerprint density at radius 3 is 2.27 bits per heavy atom. The van der Waals surface area contributed by atoms with E-state index in [9.17, 15) is 14.0 Å². The van der Waals surface area contributed by atoms with Crippen LogP contribution in [0.4, 0.5) is 15.8 Å². The van der Waals surface area contributed by atoms with Crippen LogP contribution in [-0.4, -0.2) is 34.7 Å².